The monoisotopic (exact) mass is 730 g/mol. The van der Waals surface area contributed by atoms with Gasteiger partial charge in [0.15, 0.2) is 0 Å². The van der Waals surface area contributed by atoms with Crippen molar-refractivity contribution in [1.29, 1.82) is 0 Å². The van der Waals surface area contributed by atoms with E-state index < -0.39 is 47.7 Å². The second-order valence-electron chi connectivity index (χ2n) is 16.1. The number of likely N-dealkylation sites (tertiary alicyclic amines) is 4. The quantitative estimate of drug-likeness (QED) is 0.338. The van der Waals surface area contributed by atoms with Gasteiger partial charge in [-0.3, -0.25) is 29.0 Å². The third-order valence-corrected chi connectivity index (χ3v) is 10.9. The highest BCUT2D eigenvalue weighted by Crippen LogP contribution is 2.33. The predicted molar refractivity (Wildman–Crippen MR) is 197 cm³/mol. The normalized spacial score (nSPS) is 24.1. The average molecular weight is 731 g/mol. The van der Waals surface area contributed by atoms with E-state index in [1.54, 1.807) is 52.0 Å². The lowest BCUT2D eigenvalue weighted by Crippen LogP contribution is -2.57. The van der Waals surface area contributed by atoms with Gasteiger partial charge in [0.25, 0.3) is 0 Å². The Balaban J connectivity index is 1.06. The Labute approximate surface area is 312 Å². The zero-order valence-corrected chi connectivity index (χ0v) is 31.3. The third kappa shape index (κ3) is 9.30. The highest BCUT2D eigenvalue weighted by Gasteiger charge is 2.45. The molecule has 13 nitrogen and oxygen atoms in total. The number of carbonyl (C=O) groups excluding carboxylic acids is 5. The minimum Gasteiger partial charge on any atom is -0.508 e. The van der Waals surface area contributed by atoms with Gasteiger partial charge in [-0.1, -0.05) is 42.5 Å². The number of hydrogen-bond acceptors (Lipinski definition) is 8. The van der Waals surface area contributed by atoms with Crippen LogP contribution in [0.3, 0.4) is 0 Å². The Kier molecular flexibility index (Phi) is 11.6. The molecule has 0 radical (unpaired) electrons. The molecule has 286 valence electrons. The van der Waals surface area contributed by atoms with Gasteiger partial charge >= 0.3 is 6.09 Å². The van der Waals surface area contributed by atoms with Gasteiger partial charge in [0.2, 0.25) is 23.6 Å². The zero-order chi connectivity index (χ0) is 37.9. The Morgan fingerprint density at radius 3 is 2.08 bits per heavy atom. The topological polar surface area (TPSA) is 152 Å². The molecule has 53 heavy (non-hydrogen) atoms. The van der Waals surface area contributed by atoms with Crippen LogP contribution in [-0.4, -0.2) is 123 Å². The van der Waals surface area contributed by atoms with Crippen LogP contribution >= 0.6 is 0 Å². The number of ether oxygens (including phenoxy) is 1. The fourth-order valence-electron chi connectivity index (χ4n) is 8.26. The number of phenolic OH excluding ortho intramolecular Hbond substituents is 1. The maximum absolute atomic E-state index is 14.1. The maximum atomic E-state index is 14.1. The Morgan fingerprint density at radius 1 is 0.811 bits per heavy atom. The molecule has 2 aromatic carbocycles. The van der Waals surface area contributed by atoms with Crippen molar-refractivity contribution in [1.82, 2.24) is 30.2 Å². The van der Waals surface area contributed by atoms with Gasteiger partial charge in [0.05, 0.1) is 0 Å². The summed E-state index contributed by atoms with van der Waals surface area (Å²) in [6, 6.07) is 13.6. The molecular weight excluding hydrogens is 676 g/mol. The lowest BCUT2D eigenvalue weighted by Gasteiger charge is -2.32. The van der Waals surface area contributed by atoms with Crippen LogP contribution < -0.4 is 10.6 Å². The van der Waals surface area contributed by atoms with Crippen molar-refractivity contribution in [3.05, 3.63) is 65.7 Å². The molecule has 0 spiro atoms. The summed E-state index contributed by atoms with van der Waals surface area (Å²) in [5, 5.41) is 15.5. The number of fused-ring (bicyclic) bond motifs is 1. The van der Waals surface area contributed by atoms with E-state index in [9.17, 15) is 29.1 Å². The number of hydrogen-bond donors (Lipinski definition) is 3. The first-order valence-corrected chi connectivity index (χ1v) is 19.0. The summed E-state index contributed by atoms with van der Waals surface area (Å²) in [6.45, 7) is 11.6. The minimum atomic E-state index is -0.982. The average Bonchev–Trinajstić information content (AvgIpc) is 3.92. The summed E-state index contributed by atoms with van der Waals surface area (Å²) in [5.41, 5.74) is 1.34. The van der Waals surface area contributed by atoms with Crippen molar-refractivity contribution in [2.75, 3.05) is 39.3 Å². The molecule has 4 fully saturated rings. The third-order valence-electron chi connectivity index (χ3n) is 10.9. The second-order valence-corrected chi connectivity index (χ2v) is 16.1. The van der Waals surface area contributed by atoms with Crippen LogP contribution in [0.2, 0.25) is 0 Å². The molecular formula is C40H54N6O7. The van der Waals surface area contributed by atoms with Crippen molar-refractivity contribution < 1.29 is 33.8 Å². The van der Waals surface area contributed by atoms with E-state index in [-0.39, 0.29) is 24.0 Å². The molecule has 4 heterocycles. The zero-order valence-electron chi connectivity index (χ0n) is 31.3. The largest absolute Gasteiger partial charge is 0.508 e. The van der Waals surface area contributed by atoms with Crippen molar-refractivity contribution in [3.63, 3.8) is 0 Å². The smallest absolute Gasteiger partial charge is 0.410 e. The molecule has 4 aliphatic rings. The molecule has 6 rings (SSSR count). The van der Waals surface area contributed by atoms with Crippen LogP contribution in [0.15, 0.2) is 54.6 Å². The maximum Gasteiger partial charge on any atom is 0.410 e. The van der Waals surface area contributed by atoms with Crippen LogP contribution in [0.5, 0.6) is 5.75 Å². The molecule has 0 aliphatic carbocycles. The molecule has 5 amide bonds. The number of carbonyl (C=O) groups is 5. The molecule has 6 atom stereocenters. The Hall–Kier alpha value is -4.65. The second kappa shape index (κ2) is 16.2. The van der Waals surface area contributed by atoms with Crippen molar-refractivity contribution in [2.45, 2.75) is 96.1 Å². The van der Waals surface area contributed by atoms with E-state index in [1.807, 2.05) is 23.1 Å². The molecule has 0 bridgehead atoms. The first kappa shape index (κ1) is 38.1. The SMILES string of the molecule is CC(NC(=O)C1CCCN1C(=O)C1CCCN1C(=O)OC(C)(C)C)C(=O)NC(Cc1ccc(O)cc1)C(=O)N1CC2CN(Cc3ccccc3)CC2C1. The summed E-state index contributed by atoms with van der Waals surface area (Å²) >= 11 is 0. The van der Waals surface area contributed by atoms with Gasteiger partial charge < -0.3 is 30.3 Å². The lowest BCUT2D eigenvalue weighted by atomic mass is 10.0. The summed E-state index contributed by atoms with van der Waals surface area (Å²) < 4.78 is 5.54. The molecule has 2 aromatic rings. The van der Waals surface area contributed by atoms with E-state index in [0.29, 0.717) is 63.7 Å². The molecule has 3 N–H and O–H groups in total. The number of benzene rings is 2. The number of aromatic hydroxyl groups is 1. The van der Waals surface area contributed by atoms with Crippen LogP contribution in [0, 0.1) is 11.8 Å². The van der Waals surface area contributed by atoms with E-state index in [4.69, 9.17) is 4.74 Å². The number of amides is 5. The van der Waals surface area contributed by atoms with Gasteiger partial charge in [-0.05, 0) is 88.5 Å². The van der Waals surface area contributed by atoms with Crippen molar-refractivity contribution >= 4 is 29.7 Å². The van der Waals surface area contributed by atoms with E-state index in [0.717, 1.165) is 25.2 Å². The molecule has 0 aromatic heterocycles. The summed E-state index contributed by atoms with van der Waals surface area (Å²) in [7, 11) is 0. The van der Waals surface area contributed by atoms with E-state index in [1.165, 1.54) is 15.4 Å². The highest BCUT2D eigenvalue weighted by atomic mass is 16.6. The molecule has 4 aliphatic heterocycles. The summed E-state index contributed by atoms with van der Waals surface area (Å²) in [5.74, 6) is -0.615. The first-order chi connectivity index (χ1) is 25.3. The molecule has 0 saturated carbocycles. The fourth-order valence-corrected chi connectivity index (χ4v) is 8.26. The van der Waals surface area contributed by atoms with Crippen molar-refractivity contribution in [2.24, 2.45) is 11.8 Å². The first-order valence-electron chi connectivity index (χ1n) is 19.0. The molecule has 6 unspecified atom stereocenters. The molecule has 13 heteroatoms. The summed E-state index contributed by atoms with van der Waals surface area (Å²) in [4.78, 5) is 75.2. The van der Waals surface area contributed by atoms with E-state index in [2.05, 4.69) is 27.7 Å². The van der Waals surface area contributed by atoms with E-state index >= 15 is 0 Å². The van der Waals surface area contributed by atoms with Gasteiger partial charge in [-0.15, -0.1) is 0 Å². The molecule has 4 saturated heterocycles. The van der Waals surface area contributed by atoms with Crippen LogP contribution in [-0.2, 0) is 36.9 Å². The van der Waals surface area contributed by atoms with Gasteiger partial charge in [-0.2, -0.15) is 0 Å². The Morgan fingerprint density at radius 2 is 1.43 bits per heavy atom. The Bertz CT molecular complexity index is 1630. The lowest BCUT2D eigenvalue weighted by molar-refractivity contribution is -0.142. The van der Waals surface area contributed by atoms with Gasteiger partial charge in [0.1, 0.15) is 35.5 Å². The van der Waals surface area contributed by atoms with Gasteiger partial charge in [-0.25, -0.2) is 4.79 Å². The number of rotatable bonds is 10. The van der Waals surface area contributed by atoms with Crippen LogP contribution in [0.1, 0.15) is 64.5 Å². The highest BCUT2D eigenvalue weighted by molar-refractivity contribution is 5.95. The van der Waals surface area contributed by atoms with Crippen LogP contribution in [0.4, 0.5) is 4.79 Å². The number of nitrogens with one attached hydrogen (secondary N) is 2. The predicted octanol–water partition coefficient (Wildman–Crippen LogP) is 2.91. The standard InChI is InChI=1S/C40H54N6O7/c1-26(41-36(49)33-12-8-18-45(33)38(51)34-13-9-19-46(34)39(52)53-40(2,3)4)35(48)42-32(20-27-14-16-31(47)17-15-27)37(50)44-24-29-22-43(23-30(29)25-44)21-28-10-6-5-7-11-28/h5-7,10-11,14-17,26,29-30,32-34,47H,8-9,12-13,18-25H2,1-4H3,(H,41,49)(H,42,48). The van der Waals surface area contributed by atoms with Crippen LogP contribution in [0.25, 0.3) is 0 Å². The minimum absolute atomic E-state index is 0.106. The fraction of sp³-hybridized carbons (Fsp3) is 0.575. The van der Waals surface area contributed by atoms with Gasteiger partial charge in [0, 0.05) is 52.2 Å². The summed E-state index contributed by atoms with van der Waals surface area (Å²) in [6.07, 6.45) is 1.88. The number of nitrogens with zero attached hydrogens (tertiary/aromatic N) is 4. The number of phenols is 1. The van der Waals surface area contributed by atoms with Crippen molar-refractivity contribution in [3.8, 4) is 5.75 Å².